The number of ether oxygens (including phenoxy) is 1. The van der Waals surface area contributed by atoms with E-state index < -0.39 is 16.0 Å². The monoisotopic (exact) mass is 475 g/mol. The third-order valence-corrected chi connectivity index (χ3v) is 7.65. The Balaban J connectivity index is 1.46. The third kappa shape index (κ3) is 4.23. The number of hydrogen-bond acceptors (Lipinski definition) is 5. The Morgan fingerprint density at radius 3 is 2.44 bits per heavy atom. The summed E-state index contributed by atoms with van der Waals surface area (Å²) in [7, 11) is -2.36. The Bertz CT molecular complexity index is 1280. The third-order valence-electron chi connectivity index (χ3n) is 5.52. The molecule has 0 radical (unpaired) electrons. The molecule has 0 bridgehead atoms. The summed E-state index contributed by atoms with van der Waals surface area (Å²) in [5.41, 5.74) is 1.15. The number of methoxy groups -OCH3 is 1. The summed E-state index contributed by atoms with van der Waals surface area (Å²) >= 11 is 5.94. The molecule has 0 atom stereocenters. The van der Waals surface area contributed by atoms with Crippen LogP contribution < -0.4 is 0 Å². The van der Waals surface area contributed by atoms with Crippen LogP contribution >= 0.6 is 11.6 Å². The Morgan fingerprint density at radius 2 is 1.75 bits per heavy atom. The molecule has 8 nitrogen and oxygen atoms in total. The van der Waals surface area contributed by atoms with Crippen molar-refractivity contribution in [3.8, 4) is 0 Å². The van der Waals surface area contributed by atoms with Gasteiger partial charge in [0, 0.05) is 48.3 Å². The molecule has 1 saturated heterocycles. The Labute approximate surface area is 191 Å². The number of aromatic nitrogens is 1. The van der Waals surface area contributed by atoms with E-state index in [-0.39, 0.29) is 43.5 Å². The molecule has 1 aliphatic heterocycles. The Morgan fingerprint density at radius 1 is 1.03 bits per heavy atom. The second-order valence-electron chi connectivity index (χ2n) is 7.42. The number of halogens is 1. The van der Waals surface area contributed by atoms with Crippen LogP contribution in [-0.2, 0) is 26.1 Å². The zero-order chi connectivity index (χ0) is 22.9. The normalized spacial score (nSPS) is 15.1. The van der Waals surface area contributed by atoms with Gasteiger partial charge < -0.3 is 14.2 Å². The molecule has 1 amide bonds. The van der Waals surface area contributed by atoms with E-state index >= 15 is 0 Å². The Kier molecular flexibility index (Phi) is 6.23. The van der Waals surface area contributed by atoms with Crippen molar-refractivity contribution in [1.29, 1.82) is 0 Å². The molecule has 0 unspecified atom stereocenters. The lowest BCUT2D eigenvalue weighted by Crippen LogP contribution is -2.51. The zero-order valence-corrected chi connectivity index (χ0v) is 19.0. The first-order chi connectivity index (χ1) is 15.3. The quantitative estimate of drug-likeness (QED) is 0.529. The summed E-state index contributed by atoms with van der Waals surface area (Å²) in [4.78, 5) is 26.8. The van der Waals surface area contributed by atoms with Crippen molar-refractivity contribution in [3.63, 3.8) is 0 Å². The molecular formula is C22H22ClN3O5S. The molecule has 1 aromatic heterocycles. The number of fused-ring (bicyclic) bond motifs is 1. The van der Waals surface area contributed by atoms with Crippen LogP contribution in [0.1, 0.15) is 10.4 Å². The summed E-state index contributed by atoms with van der Waals surface area (Å²) in [6, 6.07) is 13.4. The first-order valence-electron chi connectivity index (χ1n) is 10.0. The lowest BCUT2D eigenvalue weighted by atomic mass is 10.2. The number of nitrogens with zero attached hydrogens (tertiary/aromatic N) is 3. The van der Waals surface area contributed by atoms with Gasteiger partial charge in [-0.1, -0.05) is 35.9 Å². The standard InChI is InChI=1S/C22H22ClN3O5S/c1-31-22(28)19-14-25(20-8-3-2-7-18(19)20)15-21(27)24-9-11-26(12-10-24)32(29,30)17-6-4-5-16(23)13-17/h2-8,13-14H,9-12,15H2,1H3. The summed E-state index contributed by atoms with van der Waals surface area (Å²) < 4.78 is 33.7. The van der Waals surface area contributed by atoms with E-state index in [1.807, 2.05) is 24.3 Å². The van der Waals surface area contributed by atoms with Crippen LogP contribution in [0.5, 0.6) is 0 Å². The van der Waals surface area contributed by atoms with Gasteiger partial charge in [0.05, 0.1) is 17.6 Å². The van der Waals surface area contributed by atoms with Crippen LogP contribution in [0, 0.1) is 0 Å². The number of rotatable bonds is 5. The fraction of sp³-hybridized carbons (Fsp3) is 0.273. The highest BCUT2D eigenvalue weighted by Gasteiger charge is 2.30. The van der Waals surface area contributed by atoms with Gasteiger partial charge in [-0.3, -0.25) is 4.79 Å². The van der Waals surface area contributed by atoms with E-state index in [1.54, 1.807) is 27.8 Å². The lowest BCUT2D eigenvalue weighted by Gasteiger charge is -2.34. The largest absolute Gasteiger partial charge is 0.465 e. The van der Waals surface area contributed by atoms with Crippen molar-refractivity contribution in [3.05, 3.63) is 65.3 Å². The number of benzene rings is 2. The van der Waals surface area contributed by atoms with Gasteiger partial charge in [0.25, 0.3) is 0 Å². The molecule has 32 heavy (non-hydrogen) atoms. The van der Waals surface area contributed by atoms with E-state index in [9.17, 15) is 18.0 Å². The van der Waals surface area contributed by atoms with Crippen molar-refractivity contribution in [2.45, 2.75) is 11.4 Å². The van der Waals surface area contributed by atoms with E-state index in [0.29, 0.717) is 16.0 Å². The Hall–Kier alpha value is -2.88. The average molecular weight is 476 g/mol. The first kappa shape index (κ1) is 22.3. The minimum absolute atomic E-state index is 0.0402. The fourth-order valence-corrected chi connectivity index (χ4v) is 5.57. The van der Waals surface area contributed by atoms with Gasteiger partial charge >= 0.3 is 5.97 Å². The molecular weight excluding hydrogens is 454 g/mol. The predicted octanol–water partition coefficient (Wildman–Crippen LogP) is 2.61. The van der Waals surface area contributed by atoms with Crippen molar-refractivity contribution in [2.75, 3.05) is 33.3 Å². The molecule has 0 N–H and O–H groups in total. The molecule has 1 aliphatic rings. The second kappa shape index (κ2) is 8.93. The van der Waals surface area contributed by atoms with Crippen LogP contribution in [0.3, 0.4) is 0 Å². The predicted molar refractivity (Wildman–Crippen MR) is 120 cm³/mol. The maximum Gasteiger partial charge on any atom is 0.340 e. The topological polar surface area (TPSA) is 88.9 Å². The molecule has 3 aromatic rings. The van der Waals surface area contributed by atoms with Gasteiger partial charge in [0.15, 0.2) is 0 Å². The van der Waals surface area contributed by atoms with Gasteiger partial charge in [-0.25, -0.2) is 13.2 Å². The van der Waals surface area contributed by atoms with Crippen molar-refractivity contribution in [1.82, 2.24) is 13.8 Å². The molecule has 2 heterocycles. The summed E-state index contributed by atoms with van der Waals surface area (Å²) in [6.45, 7) is 0.989. The van der Waals surface area contributed by atoms with Crippen molar-refractivity contribution < 1.29 is 22.7 Å². The molecule has 1 fully saturated rings. The van der Waals surface area contributed by atoms with Gasteiger partial charge in [-0.2, -0.15) is 4.31 Å². The highest BCUT2D eigenvalue weighted by molar-refractivity contribution is 7.89. The summed E-state index contributed by atoms with van der Waals surface area (Å²) in [5, 5.41) is 1.06. The molecule has 10 heteroatoms. The summed E-state index contributed by atoms with van der Waals surface area (Å²) in [5.74, 6) is -0.616. The number of carbonyl (C=O) groups is 2. The van der Waals surface area contributed by atoms with Crippen LogP contribution in [0.25, 0.3) is 10.9 Å². The fourth-order valence-electron chi connectivity index (χ4n) is 3.85. The molecule has 0 saturated carbocycles. The maximum atomic E-state index is 12.9. The number of piperazine rings is 1. The maximum absolute atomic E-state index is 12.9. The molecule has 2 aromatic carbocycles. The van der Waals surface area contributed by atoms with Gasteiger partial charge in [-0.05, 0) is 24.3 Å². The van der Waals surface area contributed by atoms with E-state index in [2.05, 4.69) is 0 Å². The number of sulfonamides is 1. The lowest BCUT2D eigenvalue weighted by molar-refractivity contribution is -0.132. The number of esters is 1. The molecule has 0 spiro atoms. The highest BCUT2D eigenvalue weighted by Crippen LogP contribution is 2.23. The minimum Gasteiger partial charge on any atom is -0.465 e. The zero-order valence-electron chi connectivity index (χ0n) is 17.4. The van der Waals surface area contributed by atoms with Crippen molar-refractivity contribution in [2.24, 2.45) is 0 Å². The number of para-hydroxylation sites is 1. The average Bonchev–Trinajstić information content (AvgIpc) is 3.17. The van der Waals surface area contributed by atoms with Crippen LogP contribution in [0.2, 0.25) is 5.02 Å². The summed E-state index contributed by atoms with van der Waals surface area (Å²) in [6.07, 6.45) is 1.62. The van der Waals surface area contributed by atoms with Crippen molar-refractivity contribution >= 4 is 44.4 Å². The van der Waals surface area contributed by atoms with Gasteiger partial charge in [0.2, 0.25) is 15.9 Å². The van der Waals surface area contributed by atoms with E-state index in [1.165, 1.54) is 23.5 Å². The SMILES string of the molecule is COC(=O)c1cn(CC(=O)N2CCN(S(=O)(=O)c3cccc(Cl)c3)CC2)c2ccccc12. The number of hydrogen-bond donors (Lipinski definition) is 0. The van der Waals surface area contributed by atoms with Crippen LogP contribution in [-0.4, -0.2) is 67.4 Å². The first-order valence-corrected chi connectivity index (χ1v) is 11.8. The minimum atomic E-state index is -3.68. The van der Waals surface area contributed by atoms with E-state index in [0.717, 1.165) is 5.52 Å². The number of carbonyl (C=O) groups excluding carboxylic acids is 2. The van der Waals surface area contributed by atoms with Crippen LogP contribution in [0.4, 0.5) is 0 Å². The second-order valence-corrected chi connectivity index (χ2v) is 9.80. The smallest absolute Gasteiger partial charge is 0.340 e. The van der Waals surface area contributed by atoms with Gasteiger partial charge in [-0.15, -0.1) is 0 Å². The van der Waals surface area contributed by atoms with E-state index in [4.69, 9.17) is 16.3 Å². The molecule has 4 rings (SSSR count). The number of amides is 1. The van der Waals surface area contributed by atoms with Gasteiger partial charge in [0.1, 0.15) is 6.54 Å². The molecule has 168 valence electrons. The van der Waals surface area contributed by atoms with Crippen LogP contribution in [0.15, 0.2) is 59.6 Å². The molecule has 0 aliphatic carbocycles. The highest BCUT2D eigenvalue weighted by atomic mass is 35.5.